The number of Topliss-reactive ketones (excluding diaryl/α,β-unsaturated/α-hetero) is 1. The SMILES string of the molecule is CC(C)(C)OC(=O)Nc1cc(Cl)ccc1C(=O)[C@@H]1CCOC1. The first-order valence-corrected chi connectivity index (χ1v) is 7.55. The third kappa shape index (κ3) is 4.45. The van der Waals surface area contributed by atoms with Crippen molar-refractivity contribution in [3.05, 3.63) is 28.8 Å². The van der Waals surface area contributed by atoms with Crippen molar-refractivity contribution in [2.75, 3.05) is 18.5 Å². The van der Waals surface area contributed by atoms with Crippen molar-refractivity contribution in [2.45, 2.75) is 32.8 Å². The average Bonchev–Trinajstić information content (AvgIpc) is 2.89. The molecule has 1 aliphatic rings. The predicted molar refractivity (Wildman–Crippen MR) is 84.6 cm³/mol. The van der Waals surface area contributed by atoms with Crippen LogP contribution in [0.4, 0.5) is 10.5 Å². The van der Waals surface area contributed by atoms with Crippen LogP contribution in [0.3, 0.4) is 0 Å². The highest BCUT2D eigenvalue weighted by Gasteiger charge is 2.27. The minimum atomic E-state index is -0.619. The Hall–Kier alpha value is -1.59. The molecule has 1 aromatic rings. The summed E-state index contributed by atoms with van der Waals surface area (Å²) in [5.74, 6) is -0.236. The molecule has 0 spiro atoms. The van der Waals surface area contributed by atoms with Crippen LogP contribution in [0.5, 0.6) is 0 Å². The monoisotopic (exact) mass is 325 g/mol. The largest absolute Gasteiger partial charge is 0.444 e. The summed E-state index contributed by atoms with van der Waals surface area (Å²) in [5.41, 5.74) is 0.163. The normalized spacial score (nSPS) is 18.1. The molecule has 1 aliphatic heterocycles. The zero-order valence-electron chi connectivity index (χ0n) is 12.9. The molecular formula is C16H20ClNO4. The molecule has 1 aromatic carbocycles. The fourth-order valence-electron chi connectivity index (χ4n) is 2.21. The van der Waals surface area contributed by atoms with Gasteiger partial charge < -0.3 is 9.47 Å². The van der Waals surface area contributed by atoms with Crippen LogP contribution in [0.1, 0.15) is 37.6 Å². The van der Waals surface area contributed by atoms with Crippen LogP contribution in [0.25, 0.3) is 0 Å². The molecule has 0 aromatic heterocycles. The molecule has 0 aliphatic carbocycles. The highest BCUT2D eigenvalue weighted by Crippen LogP contribution is 2.27. The number of carbonyl (C=O) groups excluding carboxylic acids is 2. The average molecular weight is 326 g/mol. The van der Waals surface area contributed by atoms with Crippen molar-refractivity contribution < 1.29 is 19.1 Å². The molecule has 6 heteroatoms. The van der Waals surface area contributed by atoms with E-state index in [4.69, 9.17) is 21.1 Å². The van der Waals surface area contributed by atoms with E-state index in [2.05, 4.69) is 5.32 Å². The lowest BCUT2D eigenvalue weighted by Crippen LogP contribution is -2.28. The van der Waals surface area contributed by atoms with Crippen LogP contribution in [-0.2, 0) is 9.47 Å². The zero-order valence-corrected chi connectivity index (χ0v) is 13.7. The molecule has 5 nitrogen and oxygen atoms in total. The van der Waals surface area contributed by atoms with Crippen LogP contribution in [0, 0.1) is 5.92 Å². The number of ketones is 1. The Kier molecular flexibility index (Phi) is 5.08. The van der Waals surface area contributed by atoms with Gasteiger partial charge in [-0.2, -0.15) is 0 Å². The molecule has 22 heavy (non-hydrogen) atoms. The summed E-state index contributed by atoms with van der Waals surface area (Å²) in [6, 6.07) is 4.80. The standard InChI is InChI=1S/C16H20ClNO4/c1-16(2,3)22-15(20)18-13-8-11(17)4-5-12(13)14(19)10-6-7-21-9-10/h4-5,8,10H,6-7,9H2,1-3H3,(H,18,20)/t10-/m1/s1. The van der Waals surface area contributed by atoms with Gasteiger partial charge >= 0.3 is 6.09 Å². The number of benzene rings is 1. The molecular weight excluding hydrogens is 306 g/mol. The molecule has 0 unspecified atom stereocenters. The smallest absolute Gasteiger partial charge is 0.412 e. The van der Waals surface area contributed by atoms with Gasteiger partial charge in [0.05, 0.1) is 12.3 Å². The number of halogens is 1. The van der Waals surface area contributed by atoms with E-state index in [0.29, 0.717) is 35.9 Å². The van der Waals surface area contributed by atoms with E-state index in [9.17, 15) is 9.59 Å². The molecule has 1 atom stereocenters. The Morgan fingerprint density at radius 1 is 1.36 bits per heavy atom. The van der Waals surface area contributed by atoms with E-state index < -0.39 is 11.7 Å². The Balaban J connectivity index is 2.20. The van der Waals surface area contributed by atoms with Crippen molar-refractivity contribution in [3.8, 4) is 0 Å². The van der Waals surface area contributed by atoms with Crippen LogP contribution in [-0.4, -0.2) is 30.7 Å². The van der Waals surface area contributed by atoms with Crippen molar-refractivity contribution in [3.63, 3.8) is 0 Å². The lowest BCUT2D eigenvalue weighted by molar-refractivity contribution is 0.0636. The fourth-order valence-corrected chi connectivity index (χ4v) is 2.38. The summed E-state index contributed by atoms with van der Waals surface area (Å²) < 4.78 is 10.5. The lowest BCUT2D eigenvalue weighted by Gasteiger charge is -2.20. The minimum absolute atomic E-state index is 0.0553. The van der Waals surface area contributed by atoms with Gasteiger partial charge in [0.15, 0.2) is 5.78 Å². The van der Waals surface area contributed by atoms with Gasteiger partial charge in [0, 0.05) is 23.1 Å². The van der Waals surface area contributed by atoms with E-state index in [0.717, 1.165) is 0 Å². The topological polar surface area (TPSA) is 64.6 Å². The molecule has 0 saturated carbocycles. The zero-order chi connectivity index (χ0) is 16.3. The summed E-state index contributed by atoms with van der Waals surface area (Å²) in [4.78, 5) is 24.5. The highest BCUT2D eigenvalue weighted by atomic mass is 35.5. The fraction of sp³-hybridized carbons (Fsp3) is 0.500. The van der Waals surface area contributed by atoms with E-state index in [-0.39, 0.29) is 11.7 Å². The Bertz CT molecular complexity index is 574. The van der Waals surface area contributed by atoms with Crippen molar-refractivity contribution >= 4 is 29.2 Å². The van der Waals surface area contributed by atoms with E-state index in [1.165, 1.54) is 0 Å². The second-order valence-corrected chi connectivity index (χ2v) is 6.68. The quantitative estimate of drug-likeness (QED) is 0.856. The van der Waals surface area contributed by atoms with Gasteiger partial charge in [-0.15, -0.1) is 0 Å². The molecule has 1 saturated heterocycles. The van der Waals surface area contributed by atoms with Gasteiger partial charge in [-0.05, 0) is 45.4 Å². The lowest BCUT2D eigenvalue weighted by atomic mass is 9.96. The van der Waals surface area contributed by atoms with Crippen molar-refractivity contribution in [2.24, 2.45) is 5.92 Å². The third-order valence-corrected chi connectivity index (χ3v) is 3.42. The molecule has 0 bridgehead atoms. The Morgan fingerprint density at radius 3 is 2.68 bits per heavy atom. The number of hydrogen-bond acceptors (Lipinski definition) is 4. The Labute approximate surface area is 134 Å². The second-order valence-electron chi connectivity index (χ2n) is 6.24. The maximum atomic E-state index is 12.5. The summed E-state index contributed by atoms with van der Waals surface area (Å²) >= 11 is 5.97. The van der Waals surface area contributed by atoms with E-state index in [1.807, 2.05) is 0 Å². The molecule has 0 radical (unpaired) electrons. The summed E-state index contributed by atoms with van der Waals surface area (Å²) in [6.45, 7) is 6.30. The number of amides is 1. The van der Waals surface area contributed by atoms with Crippen LogP contribution < -0.4 is 5.32 Å². The minimum Gasteiger partial charge on any atom is -0.444 e. The number of anilines is 1. The van der Waals surface area contributed by atoms with Crippen molar-refractivity contribution in [1.29, 1.82) is 0 Å². The van der Waals surface area contributed by atoms with Gasteiger partial charge in [-0.1, -0.05) is 11.6 Å². The maximum Gasteiger partial charge on any atom is 0.412 e. The maximum absolute atomic E-state index is 12.5. The third-order valence-electron chi connectivity index (χ3n) is 3.18. The number of rotatable bonds is 3. The number of nitrogens with one attached hydrogen (secondary N) is 1. The first-order valence-electron chi connectivity index (χ1n) is 7.18. The first kappa shape index (κ1) is 16.8. The molecule has 2 rings (SSSR count). The first-order chi connectivity index (χ1) is 10.3. The van der Waals surface area contributed by atoms with E-state index >= 15 is 0 Å². The summed E-state index contributed by atoms with van der Waals surface area (Å²) in [6.07, 6.45) is 0.0688. The molecule has 120 valence electrons. The molecule has 1 amide bonds. The van der Waals surface area contributed by atoms with Crippen LogP contribution in [0.2, 0.25) is 5.02 Å². The molecule has 1 N–H and O–H groups in total. The van der Waals surface area contributed by atoms with Gasteiger partial charge in [-0.25, -0.2) is 4.79 Å². The molecule has 1 heterocycles. The Morgan fingerprint density at radius 2 is 2.09 bits per heavy atom. The molecule has 1 fully saturated rings. The van der Waals surface area contributed by atoms with Crippen LogP contribution >= 0.6 is 11.6 Å². The number of ether oxygens (including phenoxy) is 2. The number of hydrogen-bond donors (Lipinski definition) is 1. The van der Waals surface area contributed by atoms with Crippen LogP contribution in [0.15, 0.2) is 18.2 Å². The summed E-state index contributed by atoms with van der Waals surface area (Å²) in [5, 5.41) is 3.04. The second kappa shape index (κ2) is 6.67. The van der Waals surface area contributed by atoms with Gasteiger partial charge in [-0.3, -0.25) is 10.1 Å². The van der Waals surface area contributed by atoms with Gasteiger partial charge in [0.25, 0.3) is 0 Å². The van der Waals surface area contributed by atoms with E-state index in [1.54, 1.807) is 39.0 Å². The predicted octanol–water partition coefficient (Wildman–Crippen LogP) is 3.91. The summed E-state index contributed by atoms with van der Waals surface area (Å²) in [7, 11) is 0. The van der Waals surface area contributed by atoms with Gasteiger partial charge in [0.1, 0.15) is 5.60 Å². The van der Waals surface area contributed by atoms with Gasteiger partial charge in [0.2, 0.25) is 0 Å². The highest BCUT2D eigenvalue weighted by molar-refractivity contribution is 6.31. The number of carbonyl (C=O) groups is 2. The van der Waals surface area contributed by atoms with Crippen molar-refractivity contribution in [1.82, 2.24) is 0 Å².